The zero-order chi connectivity index (χ0) is 18.1. The van der Waals surface area contributed by atoms with Gasteiger partial charge >= 0.3 is 0 Å². The predicted molar refractivity (Wildman–Crippen MR) is 96.6 cm³/mol. The maximum absolute atomic E-state index is 12.9. The minimum absolute atomic E-state index is 0.0590. The van der Waals surface area contributed by atoms with Crippen molar-refractivity contribution in [3.05, 3.63) is 50.9 Å². The molecule has 0 bridgehead atoms. The van der Waals surface area contributed by atoms with E-state index in [1.807, 2.05) is 0 Å². The zero-order valence-corrected chi connectivity index (χ0v) is 14.9. The average Bonchev–Trinajstić information content (AvgIpc) is 2.61. The van der Waals surface area contributed by atoms with E-state index in [-0.39, 0.29) is 23.7 Å². The van der Waals surface area contributed by atoms with E-state index < -0.39 is 5.56 Å². The SMILES string of the molecule is CCN(O)c1ncc2cc(-c3c(Cl)cccc3Cl)c(=O)n(OC)c2n1. The number of pyridine rings is 1. The molecule has 0 amide bonds. The van der Waals surface area contributed by atoms with Crippen molar-refractivity contribution < 1.29 is 10.0 Å². The van der Waals surface area contributed by atoms with Gasteiger partial charge in [0.2, 0.25) is 0 Å². The van der Waals surface area contributed by atoms with Gasteiger partial charge in [0.15, 0.2) is 5.65 Å². The Labute approximate surface area is 152 Å². The van der Waals surface area contributed by atoms with E-state index in [0.29, 0.717) is 21.0 Å². The number of hydrogen-bond acceptors (Lipinski definition) is 6. The number of nitrogens with zero attached hydrogens (tertiary/aromatic N) is 4. The van der Waals surface area contributed by atoms with Crippen molar-refractivity contribution in [1.82, 2.24) is 14.7 Å². The molecule has 25 heavy (non-hydrogen) atoms. The highest BCUT2D eigenvalue weighted by atomic mass is 35.5. The van der Waals surface area contributed by atoms with Crippen LogP contribution in [0.5, 0.6) is 0 Å². The summed E-state index contributed by atoms with van der Waals surface area (Å²) in [7, 11) is 1.34. The Hall–Kier alpha value is -2.35. The van der Waals surface area contributed by atoms with Gasteiger partial charge in [0.25, 0.3) is 11.5 Å². The Kier molecular flexibility index (Phi) is 4.80. The number of fused-ring (bicyclic) bond motifs is 1. The molecule has 9 heteroatoms. The quantitative estimate of drug-likeness (QED) is 0.700. The van der Waals surface area contributed by atoms with Gasteiger partial charge in [0.05, 0.1) is 15.6 Å². The van der Waals surface area contributed by atoms with E-state index in [0.717, 1.165) is 9.79 Å². The van der Waals surface area contributed by atoms with Crippen LogP contribution in [-0.2, 0) is 0 Å². The van der Waals surface area contributed by atoms with Gasteiger partial charge in [-0.25, -0.2) is 10.0 Å². The molecular formula is C16H14Cl2N4O3. The van der Waals surface area contributed by atoms with Gasteiger partial charge in [-0.1, -0.05) is 29.3 Å². The highest BCUT2D eigenvalue weighted by Gasteiger charge is 2.18. The lowest BCUT2D eigenvalue weighted by Gasteiger charge is -2.15. The fourth-order valence-corrected chi connectivity index (χ4v) is 3.03. The normalized spacial score (nSPS) is 10.9. The maximum atomic E-state index is 12.9. The number of aromatic nitrogens is 3. The molecule has 130 valence electrons. The molecule has 0 aliphatic rings. The van der Waals surface area contributed by atoms with Crippen LogP contribution in [-0.4, -0.2) is 33.6 Å². The van der Waals surface area contributed by atoms with Crippen LogP contribution in [0.3, 0.4) is 0 Å². The van der Waals surface area contributed by atoms with Gasteiger partial charge in [-0.3, -0.25) is 10.0 Å². The van der Waals surface area contributed by atoms with E-state index in [1.165, 1.54) is 13.3 Å². The minimum atomic E-state index is -0.476. The second kappa shape index (κ2) is 6.87. The Morgan fingerprint density at radius 1 is 1.32 bits per heavy atom. The summed E-state index contributed by atoms with van der Waals surface area (Å²) in [5.41, 5.74) is 0.412. The molecule has 1 N–H and O–H groups in total. The van der Waals surface area contributed by atoms with Crippen LogP contribution in [0.25, 0.3) is 22.2 Å². The van der Waals surface area contributed by atoms with Crippen LogP contribution in [0.15, 0.2) is 35.3 Å². The van der Waals surface area contributed by atoms with E-state index in [2.05, 4.69) is 9.97 Å². The van der Waals surface area contributed by atoms with E-state index in [9.17, 15) is 10.0 Å². The first-order chi connectivity index (χ1) is 12.0. The standard InChI is InChI=1S/C16H14Cl2N4O3/c1-3-21(24)16-19-8-9-7-10(13-11(17)5-4-6-12(13)18)15(23)22(25-2)14(9)20-16/h4-8,24H,3H2,1-2H3. The lowest BCUT2D eigenvalue weighted by atomic mass is 10.1. The molecule has 0 spiro atoms. The Bertz CT molecular complexity index is 986. The van der Waals surface area contributed by atoms with Crippen molar-refractivity contribution in [2.24, 2.45) is 0 Å². The monoisotopic (exact) mass is 380 g/mol. The fourth-order valence-electron chi connectivity index (χ4n) is 2.43. The molecule has 3 rings (SSSR count). The number of halogens is 2. The van der Waals surface area contributed by atoms with Crippen LogP contribution in [0.2, 0.25) is 10.0 Å². The minimum Gasteiger partial charge on any atom is -0.412 e. The Balaban J connectivity index is 2.34. The summed E-state index contributed by atoms with van der Waals surface area (Å²) in [6, 6.07) is 6.58. The summed E-state index contributed by atoms with van der Waals surface area (Å²) < 4.78 is 1.01. The van der Waals surface area contributed by atoms with Gasteiger partial charge in [-0.2, -0.15) is 4.98 Å². The number of hydrogen-bond donors (Lipinski definition) is 1. The molecule has 2 aromatic heterocycles. The average molecular weight is 381 g/mol. The number of benzene rings is 1. The first kappa shape index (κ1) is 17.5. The highest BCUT2D eigenvalue weighted by molar-refractivity contribution is 6.39. The van der Waals surface area contributed by atoms with Gasteiger partial charge in [0, 0.05) is 23.7 Å². The predicted octanol–water partition coefficient (Wildman–Crippen LogP) is 3.04. The topological polar surface area (TPSA) is 80.5 Å². The van der Waals surface area contributed by atoms with Crippen LogP contribution >= 0.6 is 23.2 Å². The Morgan fingerprint density at radius 2 is 2.00 bits per heavy atom. The summed E-state index contributed by atoms with van der Waals surface area (Å²) in [5.74, 6) is 0.0590. The molecule has 0 fully saturated rings. The molecule has 7 nitrogen and oxygen atoms in total. The molecule has 0 unspecified atom stereocenters. The molecular weight excluding hydrogens is 367 g/mol. The summed E-state index contributed by atoms with van der Waals surface area (Å²) in [6.45, 7) is 2.02. The third-order valence-corrected chi connectivity index (χ3v) is 4.27. The molecule has 0 atom stereocenters. The van der Waals surface area contributed by atoms with Crippen molar-refractivity contribution in [2.45, 2.75) is 6.92 Å². The number of rotatable bonds is 4. The van der Waals surface area contributed by atoms with Crippen LogP contribution in [0.1, 0.15) is 6.92 Å². The molecule has 2 heterocycles. The van der Waals surface area contributed by atoms with E-state index in [4.69, 9.17) is 28.0 Å². The van der Waals surface area contributed by atoms with E-state index in [1.54, 1.807) is 31.2 Å². The summed E-state index contributed by atoms with van der Waals surface area (Å²) >= 11 is 12.4. The summed E-state index contributed by atoms with van der Waals surface area (Å²) in [6.07, 6.45) is 1.49. The molecule has 0 radical (unpaired) electrons. The van der Waals surface area contributed by atoms with Gasteiger partial charge < -0.3 is 4.84 Å². The van der Waals surface area contributed by atoms with Crippen molar-refractivity contribution in [2.75, 3.05) is 18.7 Å². The van der Waals surface area contributed by atoms with Crippen molar-refractivity contribution in [3.8, 4) is 11.1 Å². The molecule has 0 saturated heterocycles. The van der Waals surface area contributed by atoms with Crippen molar-refractivity contribution in [1.29, 1.82) is 0 Å². The van der Waals surface area contributed by atoms with Crippen molar-refractivity contribution >= 4 is 40.2 Å². The van der Waals surface area contributed by atoms with Crippen molar-refractivity contribution in [3.63, 3.8) is 0 Å². The van der Waals surface area contributed by atoms with Crippen LogP contribution < -0.4 is 15.5 Å². The first-order valence-electron chi connectivity index (χ1n) is 7.36. The summed E-state index contributed by atoms with van der Waals surface area (Å²) in [5, 5.41) is 11.9. The zero-order valence-electron chi connectivity index (χ0n) is 13.4. The molecule has 0 aliphatic carbocycles. The van der Waals surface area contributed by atoms with Gasteiger partial charge in [-0.05, 0) is 25.1 Å². The third kappa shape index (κ3) is 3.02. The largest absolute Gasteiger partial charge is 0.412 e. The van der Waals surface area contributed by atoms with E-state index >= 15 is 0 Å². The van der Waals surface area contributed by atoms with Gasteiger partial charge in [-0.15, -0.1) is 4.73 Å². The van der Waals surface area contributed by atoms with Crippen LogP contribution in [0, 0.1) is 0 Å². The lowest BCUT2D eigenvalue weighted by molar-refractivity contribution is 0.167. The Morgan fingerprint density at radius 3 is 2.60 bits per heavy atom. The smallest absolute Gasteiger partial charge is 0.293 e. The third-order valence-electron chi connectivity index (χ3n) is 3.64. The molecule has 3 aromatic rings. The molecule has 1 aromatic carbocycles. The maximum Gasteiger partial charge on any atom is 0.293 e. The van der Waals surface area contributed by atoms with Crippen LogP contribution in [0.4, 0.5) is 5.95 Å². The lowest BCUT2D eigenvalue weighted by Crippen LogP contribution is -2.28. The number of anilines is 1. The molecule has 0 aliphatic heterocycles. The second-order valence-electron chi connectivity index (χ2n) is 5.10. The molecule has 0 saturated carbocycles. The fraction of sp³-hybridized carbons (Fsp3) is 0.188. The second-order valence-corrected chi connectivity index (χ2v) is 5.92. The highest BCUT2D eigenvalue weighted by Crippen LogP contribution is 2.33. The van der Waals surface area contributed by atoms with Gasteiger partial charge in [0.1, 0.15) is 7.11 Å². The summed E-state index contributed by atoms with van der Waals surface area (Å²) in [4.78, 5) is 26.3. The first-order valence-corrected chi connectivity index (χ1v) is 8.11. The number of hydroxylamine groups is 1.